The van der Waals surface area contributed by atoms with E-state index in [0.29, 0.717) is 17.1 Å². The van der Waals surface area contributed by atoms with Gasteiger partial charge in [-0.25, -0.2) is 19.3 Å². The molecule has 0 saturated carbocycles. The number of aliphatic carboxylic acids is 1. The molecule has 3 aromatic heterocycles. The Hall–Kier alpha value is -4.00. The van der Waals surface area contributed by atoms with Crippen LogP contribution in [0.2, 0.25) is 0 Å². The number of rotatable bonds is 11. The van der Waals surface area contributed by atoms with Gasteiger partial charge in [-0.2, -0.15) is 0 Å². The summed E-state index contributed by atoms with van der Waals surface area (Å²) in [6.07, 6.45) is 5.82. The van der Waals surface area contributed by atoms with Gasteiger partial charge in [0.1, 0.15) is 29.9 Å². The van der Waals surface area contributed by atoms with Gasteiger partial charge in [0.2, 0.25) is 5.91 Å². The number of fused-ring (bicyclic) bond motifs is 1. The first-order chi connectivity index (χ1) is 22.2. The Balaban J connectivity index is 1.13. The van der Waals surface area contributed by atoms with Gasteiger partial charge in [0.25, 0.3) is 11.8 Å². The Kier molecular flexibility index (Phi) is 9.57. The zero-order chi connectivity index (χ0) is 32.4. The summed E-state index contributed by atoms with van der Waals surface area (Å²) < 4.78 is 2.66. The number of anilines is 1. The number of carbonyl (C=O) groups is 4. The maximum atomic E-state index is 13.2. The number of carboxylic acids is 1. The molecule has 2 atom stereocenters. The molecule has 18 heteroatoms. The molecule has 4 N–H and O–H groups in total. The van der Waals surface area contributed by atoms with Crippen molar-refractivity contribution < 1.29 is 33.7 Å². The zero-order valence-electron chi connectivity index (χ0n) is 24.5. The average molecular weight is 702 g/mol. The molecule has 6 rings (SSSR count). The molecule has 3 amide bonds. The molecule has 240 valence electrons. The number of hydrogen-bond acceptors (Lipinski definition) is 13. The number of carboxylic acid groups (broad SMARTS) is 1. The number of hydrogen-bond donors (Lipinski definition) is 3. The molecule has 2 saturated heterocycles. The van der Waals surface area contributed by atoms with E-state index in [1.807, 2.05) is 39.4 Å². The number of nitrogens with zero attached hydrogens (tertiary/aromatic N) is 6. The van der Waals surface area contributed by atoms with E-state index in [0.717, 1.165) is 52.9 Å². The van der Waals surface area contributed by atoms with Gasteiger partial charge in [-0.1, -0.05) is 16.9 Å². The van der Waals surface area contributed by atoms with E-state index >= 15 is 0 Å². The number of β-lactam (4-membered cyclic amide) rings is 1. The van der Waals surface area contributed by atoms with E-state index in [9.17, 15) is 24.3 Å². The van der Waals surface area contributed by atoms with Crippen LogP contribution in [0.15, 0.2) is 56.1 Å². The van der Waals surface area contributed by atoms with Crippen LogP contribution in [-0.4, -0.2) is 97.4 Å². The lowest BCUT2D eigenvalue weighted by Crippen LogP contribution is -2.71. The molecule has 3 aromatic rings. The third-order valence-electron chi connectivity index (χ3n) is 7.49. The number of aromatic nitrogens is 3. The fraction of sp³-hybridized carbons (Fsp3) is 0.357. The second-order valence-corrected chi connectivity index (χ2v) is 14.5. The molecule has 0 spiro atoms. The van der Waals surface area contributed by atoms with Crippen molar-refractivity contribution in [3.8, 4) is 11.3 Å². The Morgan fingerprint density at radius 1 is 1.24 bits per heavy atom. The van der Waals surface area contributed by atoms with Crippen molar-refractivity contribution in [1.29, 1.82) is 0 Å². The molecule has 0 radical (unpaired) electrons. The largest absolute Gasteiger partial charge is 0.477 e. The van der Waals surface area contributed by atoms with Crippen molar-refractivity contribution in [3.63, 3.8) is 0 Å². The maximum absolute atomic E-state index is 13.2. The summed E-state index contributed by atoms with van der Waals surface area (Å²) in [4.78, 5) is 67.8. The van der Waals surface area contributed by atoms with E-state index in [1.165, 1.54) is 46.9 Å². The van der Waals surface area contributed by atoms with Crippen molar-refractivity contribution in [2.75, 3.05) is 37.4 Å². The zero-order valence-corrected chi connectivity index (χ0v) is 27.7. The molecule has 3 aliphatic heterocycles. The van der Waals surface area contributed by atoms with Crippen molar-refractivity contribution in [1.82, 2.24) is 25.1 Å². The number of thiazole rings is 2. The molecule has 3 aliphatic rings. The summed E-state index contributed by atoms with van der Waals surface area (Å²) in [5.41, 5.74) is 7.81. The molecule has 0 aromatic carbocycles. The van der Waals surface area contributed by atoms with Gasteiger partial charge < -0.3 is 25.9 Å². The van der Waals surface area contributed by atoms with Gasteiger partial charge in [0.05, 0.1) is 17.0 Å². The normalized spacial score (nSPS) is 19.6. The van der Waals surface area contributed by atoms with E-state index in [2.05, 4.69) is 15.5 Å². The molecule has 0 bridgehead atoms. The first-order valence-electron chi connectivity index (χ1n) is 14.1. The highest BCUT2D eigenvalue weighted by molar-refractivity contribution is 8.01. The molecular formula is C28H29N8O6S4+. The highest BCUT2D eigenvalue weighted by Gasteiger charge is 2.54. The van der Waals surface area contributed by atoms with Crippen molar-refractivity contribution in [2.24, 2.45) is 5.16 Å². The van der Waals surface area contributed by atoms with Crippen LogP contribution in [0.3, 0.4) is 0 Å². The first kappa shape index (κ1) is 32.0. The monoisotopic (exact) mass is 701 g/mol. The summed E-state index contributed by atoms with van der Waals surface area (Å²) >= 11 is 5.40. The number of pyridine rings is 1. The maximum Gasteiger partial charge on any atom is 0.352 e. The van der Waals surface area contributed by atoms with Crippen LogP contribution < -0.4 is 15.6 Å². The Morgan fingerprint density at radius 3 is 2.76 bits per heavy atom. The van der Waals surface area contributed by atoms with Crippen LogP contribution in [0.1, 0.15) is 18.5 Å². The Labute approximate surface area is 279 Å². The standard InChI is InChI=1S/C28H28N8O6S4/c1-42-33-20(18-13-44-27(29)30-18)23(38)32-21-24(39)36-22(26(40)41)16(11-43-25(21)36)10-34-6-4-5-15(9-34)17-12-45-28(31-17)46-14-19(37)35-7-2-3-8-35/h4-6,9,12-13,21,25H,2-3,7-8,10-11,14H2,1H3,(H3-,29,30,32,38,40,41)/p+1/b33-20-. The number of thioether (sulfide) groups is 2. The SMILES string of the molecule is CO/N=C(\C(=O)NC1C(=O)N2C(C(=O)O)=C(C[n+]3cccc(-c4csc(SCC(=O)N5CCCC5)n4)c3)CSC12)c1csc(N)n1. The van der Waals surface area contributed by atoms with Crippen LogP contribution in [0.4, 0.5) is 5.13 Å². The number of carbonyl (C=O) groups excluding carboxylic acids is 3. The number of nitrogens with one attached hydrogen (secondary N) is 1. The quantitative estimate of drug-likeness (QED) is 0.0869. The summed E-state index contributed by atoms with van der Waals surface area (Å²) in [5.74, 6) is -1.62. The second-order valence-electron chi connectivity index (χ2n) is 10.5. The molecule has 2 unspecified atom stereocenters. The fourth-order valence-electron chi connectivity index (χ4n) is 5.34. The molecule has 2 fully saturated rings. The van der Waals surface area contributed by atoms with Gasteiger partial charge in [-0.05, 0) is 18.9 Å². The number of amides is 3. The third-order valence-corrected chi connectivity index (χ3v) is 11.5. The number of oxime groups is 1. The fourth-order valence-corrected chi connectivity index (χ4v) is 8.96. The summed E-state index contributed by atoms with van der Waals surface area (Å²) in [6.45, 7) is 1.88. The van der Waals surface area contributed by atoms with Crippen LogP contribution in [0.25, 0.3) is 11.3 Å². The van der Waals surface area contributed by atoms with Gasteiger partial charge in [0.15, 0.2) is 34.1 Å². The third kappa shape index (κ3) is 6.60. The number of nitrogen functional groups attached to an aromatic ring is 1. The lowest BCUT2D eigenvalue weighted by atomic mass is 10.0. The van der Waals surface area contributed by atoms with Gasteiger partial charge in [-0.3, -0.25) is 19.3 Å². The van der Waals surface area contributed by atoms with Gasteiger partial charge >= 0.3 is 5.97 Å². The van der Waals surface area contributed by atoms with Crippen molar-refractivity contribution in [3.05, 3.63) is 52.3 Å². The second kappa shape index (κ2) is 13.8. The Morgan fingerprint density at radius 2 is 2.04 bits per heavy atom. The van der Waals surface area contributed by atoms with Crippen LogP contribution >= 0.6 is 46.2 Å². The lowest BCUT2D eigenvalue weighted by Gasteiger charge is -2.49. The summed E-state index contributed by atoms with van der Waals surface area (Å²) in [5, 5.41) is 19.7. The van der Waals surface area contributed by atoms with Crippen molar-refractivity contribution >= 4 is 80.7 Å². The predicted octanol–water partition coefficient (Wildman–Crippen LogP) is 1.64. The lowest BCUT2D eigenvalue weighted by molar-refractivity contribution is -0.688. The van der Waals surface area contributed by atoms with E-state index in [4.69, 9.17) is 15.6 Å². The van der Waals surface area contributed by atoms with Crippen LogP contribution in [-0.2, 0) is 30.6 Å². The minimum atomic E-state index is -1.22. The molecule has 6 heterocycles. The van der Waals surface area contributed by atoms with Crippen LogP contribution in [0.5, 0.6) is 0 Å². The molecular weight excluding hydrogens is 673 g/mol. The van der Waals surface area contributed by atoms with Gasteiger partial charge in [-0.15, -0.1) is 34.4 Å². The highest BCUT2D eigenvalue weighted by Crippen LogP contribution is 2.40. The summed E-state index contributed by atoms with van der Waals surface area (Å²) in [7, 11) is 1.28. The van der Waals surface area contributed by atoms with Gasteiger partial charge in [0, 0.05) is 41.2 Å². The van der Waals surface area contributed by atoms with E-state index < -0.39 is 29.2 Å². The van der Waals surface area contributed by atoms with E-state index in [1.54, 1.807) is 5.38 Å². The molecule has 0 aliphatic carbocycles. The number of nitrogens with two attached hydrogens (primary N) is 1. The number of likely N-dealkylation sites (tertiary alicyclic amines) is 1. The average Bonchev–Trinajstić information content (AvgIpc) is 3.84. The highest BCUT2D eigenvalue weighted by atomic mass is 32.2. The minimum absolute atomic E-state index is 0.0924. The smallest absolute Gasteiger partial charge is 0.352 e. The molecule has 14 nitrogen and oxygen atoms in total. The Bertz CT molecular complexity index is 1750. The first-order valence-corrected chi connectivity index (χ1v) is 17.9. The van der Waals surface area contributed by atoms with Crippen LogP contribution in [0, 0.1) is 0 Å². The van der Waals surface area contributed by atoms with Crippen molar-refractivity contribution in [2.45, 2.75) is 35.1 Å². The summed E-state index contributed by atoms with van der Waals surface area (Å²) in [6, 6.07) is 2.82. The van der Waals surface area contributed by atoms with E-state index in [-0.39, 0.29) is 34.7 Å². The predicted molar refractivity (Wildman–Crippen MR) is 174 cm³/mol. The molecule has 46 heavy (non-hydrogen) atoms. The minimum Gasteiger partial charge on any atom is -0.477 e. The topological polar surface area (TPSA) is 184 Å².